The second-order valence-corrected chi connectivity index (χ2v) is 7.87. The molecule has 0 saturated heterocycles. The van der Waals surface area contributed by atoms with Gasteiger partial charge in [-0.3, -0.25) is 8.98 Å². The molecular formula is C19H37NaO5S. The van der Waals surface area contributed by atoms with Gasteiger partial charge < -0.3 is 4.55 Å². The van der Waals surface area contributed by atoms with Crippen molar-refractivity contribution in [2.45, 2.75) is 110 Å². The molecule has 0 bridgehead atoms. The van der Waals surface area contributed by atoms with Crippen molar-refractivity contribution in [3.8, 4) is 0 Å². The molecule has 0 aliphatic carbocycles. The van der Waals surface area contributed by atoms with E-state index in [0.29, 0.717) is 18.6 Å². The van der Waals surface area contributed by atoms with Crippen LogP contribution in [0.5, 0.6) is 0 Å². The number of hydrogen-bond acceptors (Lipinski definition) is 5. The maximum atomic E-state index is 11.2. The Morgan fingerprint density at radius 2 is 1.08 bits per heavy atom. The maximum Gasteiger partial charge on any atom is 1.00 e. The molecule has 26 heavy (non-hydrogen) atoms. The number of unbranched alkanes of at least 4 members (excludes halogenated alkanes) is 13. The zero-order chi connectivity index (χ0) is 18.8. The van der Waals surface area contributed by atoms with Crippen LogP contribution in [0.4, 0.5) is 0 Å². The van der Waals surface area contributed by atoms with Gasteiger partial charge in [-0.05, 0) is 12.8 Å². The van der Waals surface area contributed by atoms with Gasteiger partial charge in [-0.15, -0.1) is 0 Å². The Hall–Kier alpha value is 0.540. The zero-order valence-electron chi connectivity index (χ0n) is 17.0. The Labute approximate surface area is 183 Å². The van der Waals surface area contributed by atoms with E-state index in [1.807, 2.05) is 6.92 Å². The molecule has 0 aliphatic rings. The first kappa shape index (κ1) is 28.7. The Kier molecular flexibility index (Phi) is 22.4. The summed E-state index contributed by atoms with van der Waals surface area (Å²) in [4.78, 5) is 11.2. The molecule has 0 unspecified atom stereocenters. The van der Waals surface area contributed by atoms with Crippen molar-refractivity contribution in [3.63, 3.8) is 0 Å². The molecule has 0 aromatic heterocycles. The van der Waals surface area contributed by atoms with Gasteiger partial charge >= 0.3 is 29.6 Å². The molecule has 5 nitrogen and oxygen atoms in total. The summed E-state index contributed by atoms with van der Waals surface area (Å²) in [6.07, 6.45) is 17.8. The van der Waals surface area contributed by atoms with Gasteiger partial charge in [-0.25, -0.2) is 8.42 Å². The molecule has 0 spiro atoms. The van der Waals surface area contributed by atoms with Gasteiger partial charge in [0, 0.05) is 12.8 Å². The van der Waals surface area contributed by atoms with Crippen LogP contribution in [0.1, 0.15) is 110 Å². The summed E-state index contributed by atoms with van der Waals surface area (Å²) in [7, 11) is -4.51. The van der Waals surface area contributed by atoms with Crippen molar-refractivity contribution in [3.05, 3.63) is 0 Å². The Balaban J connectivity index is 0. The SMILES string of the molecule is CCC(=O)CCCCCCCCCCCCCCCCOS(=O)(=O)[O-].[Na+]. The van der Waals surface area contributed by atoms with E-state index < -0.39 is 10.4 Å². The number of carbonyl (C=O) groups excluding carboxylic acids is 1. The van der Waals surface area contributed by atoms with Crippen LogP contribution in [0.3, 0.4) is 0 Å². The third-order valence-electron chi connectivity index (χ3n) is 4.47. The summed E-state index contributed by atoms with van der Waals surface area (Å²) in [5.74, 6) is 0.392. The van der Waals surface area contributed by atoms with E-state index in [1.165, 1.54) is 64.2 Å². The molecule has 0 saturated carbocycles. The molecular weight excluding hydrogens is 363 g/mol. The average molecular weight is 401 g/mol. The smallest absolute Gasteiger partial charge is 0.726 e. The molecule has 0 aliphatic heterocycles. The average Bonchev–Trinajstić information content (AvgIpc) is 2.56. The van der Waals surface area contributed by atoms with Crippen molar-refractivity contribution in [1.82, 2.24) is 0 Å². The van der Waals surface area contributed by atoms with Crippen LogP contribution >= 0.6 is 0 Å². The monoisotopic (exact) mass is 400 g/mol. The predicted molar refractivity (Wildman–Crippen MR) is 100 cm³/mol. The fraction of sp³-hybridized carbons (Fsp3) is 0.947. The largest absolute Gasteiger partial charge is 1.00 e. The predicted octanol–water partition coefficient (Wildman–Crippen LogP) is 2.30. The van der Waals surface area contributed by atoms with Crippen LogP contribution in [0, 0.1) is 0 Å². The molecule has 150 valence electrons. The summed E-state index contributed by atoms with van der Waals surface area (Å²) < 4.78 is 34.8. The van der Waals surface area contributed by atoms with Gasteiger partial charge in [0.15, 0.2) is 0 Å². The summed E-state index contributed by atoms with van der Waals surface area (Å²) in [5.41, 5.74) is 0. The number of hydrogen-bond donors (Lipinski definition) is 0. The number of carbonyl (C=O) groups is 1. The standard InChI is InChI=1S/C19H38O5S.Na/c1-2-19(20)17-15-13-11-9-7-5-3-4-6-8-10-12-14-16-18-24-25(21,22)23;/h2-18H2,1H3,(H,21,22,23);/q;+1/p-1. The summed E-state index contributed by atoms with van der Waals surface area (Å²) >= 11 is 0. The number of Topliss-reactive ketones (excluding diaryl/α,β-unsaturated/α-hetero) is 1. The van der Waals surface area contributed by atoms with Crippen LogP contribution in [0.15, 0.2) is 0 Å². The molecule has 0 rings (SSSR count). The van der Waals surface area contributed by atoms with Crippen LogP contribution in [0.25, 0.3) is 0 Å². The Bertz CT molecular complexity index is 412. The Morgan fingerprint density at radius 3 is 1.42 bits per heavy atom. The second kappa shape index (κ2) is 20.3. The van der Waals surface area contributed by atoms with E-state index in [-0.39, 0.29) is 36.2 Å². The van der Waals surface area contributed by atoms with E-state index in [9.17, 15) is 17.8 Å². The van der Waals surface area contributed by atoms with E-state index in [1.54, 1.807) is 0 Å². The van der Waals surface area contributed by atoms with Gasteiger partial charge in [0.25, 0.3) is 0 Å². The van der Waals surface area contributed by atoms with Crippen LogP contribution < -0.4 is 29.6 Å². The number of rotatable bonds is 19. The van der Waals surface area contributed by atoms with Gasteiger partial charge in [0.2, 0.25) is 10.4 Å². The zero-order valence-corrected chi connectivity index (χ0v) is 19.8. The normalized spacial score (nSPS) is 11.3. The van der Waals surface area contributed by atoms with Crippen molar-refractivity contribution in [2.24, 2.45) is 0 Å². The van der Waals surface area contributed by atoms with E-state index in [0.717, 1.165) is 25.7 Å². The molecule has 0 amide bonds. The molecule has 0 fully saturated rings. The summed E-state index contributed by atoms with van der Waals surface area (Å²) in [5, 5.41) is 0. The second-order valence-electron chi connectivity index (χ2n) is 6.82. The fourth-order valence-corrected chi connectivity index (χ4v) is 3.21. The van der Waals surface area contributed by atoms with Crippen LogP contribution in [-0.2, 0) is 19.4 Å². The molecule has 0 N–H and O–H groups in total. The van der Waals surface area contributed by atoms with Crippen molar-refractivity contribution < 1.29 is 51.5 Å². The van der Waals surface area contributed by atoms with Gasteiger partial charge in [0.1, 0.15) is 5.78 Å². The summed E-state index contributed by atoms with van der Waals surface area (Å²) in [6, 6.07) is 0. The topological polar surface area (TPSA) is 83.5 Å². The molecule has 0 atom stereocenters. The third-order valence-corrected chi connectivity index (χ3v) is 4.93. The molecule has 0 heterocycles. The molecule has 0 aromatic rings. The maximum absolute atomic E-state index is 11.2. The van der Waals surface area contributed by atoms with E-state index in [2.05, 4.69) is 4.18 Å². The van der Waals surface area contributed by atoms with Crippen LogP contribution in [0.2, 0.25) is 0 Å². The first-order valence-electron chi connectivity index (χ1n) is 10.1. The van der Waals surface area contributed by atoms with Gasteiger partial charge in [-0.1, -0.05) is 84.0 Å². The first-order valence-corrected chi connectivity index (χ1v) is 11.4. The van der Waals surface area contributed by atoms with Crippen molar-refractivity contribution in [1.29, 1.82) is 0 Å². The van der Waals surface area contributed by atoms with E-state index >= 15 is 0 Å². The minimum atomic E-state index is -4.51. The molecule has 0 aromatic carbocycles. The van der Waals surface area contributed by atoms with E-state index in [4.69, 9.17) is 0 Å². The Morgan fingerprint density at radius 1 is 0.731 bits per heavy atom. The van der Waals surface area contributed by atoms with Crippen molar-refractivity contribution in [2.75, 3.05) is 6.61 Å². The molecule has 0 radical (unpaired) electrons. The number of ketones is 1. The minimum absolute atomic E-state index is 0. The third kappa shape index (κ3) is 24.5. The van der Waals surface area contributed by atoms with Gasteiger partial charge in [-0.2, -0.15) is 0 Å². The quantitative estimate of drug-likeness (QED) is 0.144. The molecule has 7 heteroatoms. The van der Waals surface area contributed by atoms with Crippen LogP contribution in [-0.4, -0.2) is 25.4 Å². The minimum Gasteiger partial charge on any atom is -0.726 e. The first-order chi connectivity index (χ1) is 12.0. The fourth-order valence-electron chi connectivity index (χ4n) is 2.88. The van der Waals surface area contributed by atoms with Gasteiger partial charge in [0.05, 0.1) is 6.61 Å². The summed E-state index contributed by atoms with van der Waals surface area (Å²) in [6.45, 7) is 1.95. The van der Waals surface area contributed by atoms with Crippen molar-refractivity contribution >= 4 is 16.2 Å².